The molecule has 1 atom stereocenters. The van der Waals surface area contributed by atoms with Gasteiger partial charge in [-0.3, -0.25) is 0 Å². The Hall–Kier alpha value is -4.30. The molecule has 216 valence electrons. The average Bonchev–Trinajstić information content (AvgIpc) is 3.49. The lowest BCUT2D eigenvalue weighted by molar-refractivity contribution is -0.137. The molecule has 0 saturated carbocycles. The van der Waals surface area contributed by atoms with Gasteiger partial charge in [0.25, 0.3) is 0 Å². The van der Waals surface area contributed by atoms with Crippen LogP contribution >= 0.6 is 11.6 Å². The van der Waals surface area contributed by atoms with Crippen molar-refractivity contribution < 1.29 is 22.6 Å². The van der Waals surface area contributed by atoms with Gasteiger partial charge >= 0.3 is 6.18 Å². The van der Waals surface area contributed by atoms with Crippen molar-refractivity contribution in [2.75, 3.05) is 32.5 Å². The van der Waals surface area contributed by atoms with Crippen LogP contribution in [0.3, 0.4) is 0 Å². The third-order valence-corrected chi connectivity index (χ3v) is 6.89. The largest absolute Gasteiger partial charge is 0.489 e. The fourth-order valence-corrected chi connectivity index (χ4v) is 4.82. The third-order valence-electron chi connectivity index (χ3n) is 6.52. The topological polar surface area (TPSA) is 125 Å². The molecule has 4 heterocycles. The van der Waals surface area contributed by atoms with E-state index in [1.54, 1.807) is 31.1 Å². The Morgan fingerprint density at radius 3 is 2.76 bits per heavy atom. The number of imidazole rings is 1. The molecule has 15 heteroatoms. The standard InChI is InChI=1S/C26H27ClF3N9O2/c1-32-23-21(33-5-6-34-23)18(11-31)41-19-12-35-24-22(20(19)27)39(3)25(37-24)36-15-8-14(26(28,29)30)9-17(10-15)40-16-4-7-38(2)13-16/h5-6,8-12,16,31,33H,4,7,13H2,1-3H3,(H,32,34)(H,35,36,37)/b21-18+,31-11?/t16-/m1/s1. The molecule has 3 aromatic rings. The van der Waals surface area contributed by atoms with Crippen molar-refractivity contribution in [1.82, 2.24) is 30.1 Å². The lowest BCUT2D eigenvalue weighted by atomic mass is 10.1. The Morgan fingerprint density at radius 2 is 2.07 bits per heavy atom. The van der Waals surface area contributed by atoms with Crippen LogP contribution in [0.4, 0.5) is 24.8 Å². The van der Waals surface area contributed by atoms with Gasteiger partial charge in [0.15, 0.2) is 23.0 Å². The highest BCUT2D eigenvalue weighted by molar-refractivity contribution is 6.36. The number of hydrogen-bond acceptors (Lipinski definition) is 10. The number of aromatic nitrogens is 3. The van der Waals surface area contributed by atoms with Gasteiger partial charge in [-0.05, 0) is 25.6 Å². The Bertz CT molecular complexity index is 1580. The SMILES string of the molecule is CNC1=NC=CN/C1=C(\C=N)Oc1cnc2nc(Nc3cc(O[C@@H]4CCN(C)C4)cc(C(F)(F)F)c3)n(C)c2c1Cl. The number of nitrogens with one attached hydrogen (secondary N) is 4. The number of fused-ring (bicyclic) bond motifs is 1. The number of rotatable bonds is 7. The van der Waals surface area contributed by atoms with Gasteiger partial charge in [-0.2, -0.15) is 18.2 Å². The molecule has 0 radical (unpaired) electrons. The highest BCUT2D eigenvalue weighted by Gasteiger charge is 2.32. The number of aliphatic imine (C=N–C) groups is 1. The molecule has 0 bridgehead atoms. The second kappa shape index (κ2) is 11.3. The van der Waals surface area contributed by atoms with Crippen LogP contribution in [0.5, 0.6) is 11.5 Å². The summed E-state index contributed by atoms with van der Waals surface area (Å²) in [5, 5.41) is 16.8. The van der Waals surface area contributed by atoms with E-state index in [1.165, 1.54) is 12.3 Å². The molecule has 0 spiro atoms. The van der Waals surface area contributed by atoms with Crippen LogP contribution in [0.25, 0.3) is 11.2 Å². The van der Waals surface area contributed by atoms with Gasteiger partial charge in [-0.25, -0.2) is 9.98 Å². The van der Waals surface area contributed by atoms with E-state index in [1.807, 2.05) is 7.05 Å². The molecule has 0 unspecified atom stereocenters. The molecule has 4 N–H and O–H groups in total. The number of alkyl halides is 3. The molecule has 1 fully saturated rings. The van der Waals surface area contributed by atoms with Crippen LogP contribution in [-0.2, 0) is 13.2 Å². The van der Waals surface area contributed by atoms with Crippen molar-refractivity contribution >= 4 is 46.5 Å². The third kappa shape index (κ3) is 5.93. The van der Waals surface area contributed by atoms with E-state index in [4.69, 9.17) is 26.5 Å². The molecule has 5 rings (SSSR count). The van der Waals surface area contributed by atoms with Gasteiger partial charge < -0.3 is 40.3 Å². The van der Waals surface area contributed by atoms with Crippen LogP contribution < -0.4 is 25.4 Å². The number of benzene rings is 1. The molecule has 1 saturated heterocycles. The van der Waals surface area contributed by atoms with E-state index in [0.29, 0.717) is 23.6 Å². The van der Waals surface area contributed by atoms with E-state index in [-0.39, 0.29) is 45.7 Å². The van der Waals surface area contributed by atoms with Crippen LogP contribution in [0.1, 0.15) is 12.0 Å². The Labute approximate surface area is 238 Å². The van der Waals surface area contributed by atoms with Gasteiger partial charge in [-0.15, -0.1) is 0 Å². The number of amidine groups is 1. The summed E-state index contributed by atoms with van der Waals surface area (Å²) in [4.78, 5) is 15.0. The summed E-state index contributed by atoms with van der Waals surface area (Å²) in [7, 11) is 5.26. The van der Waals surface area contributed by atoms with Crippen molar-refractivity contribution in [3.63, 3.8) is 0 Å². The number of nitrogens with zero attached hydrogens (tertiary/aromatic N) is 5. The van der Waals surface area contributed by atoms with E-state index in [2.05, 4.69) is 35.8 Å². The lowest BCUT2D eigenvalue weighted by Gasteiger charge is -2.18. The predicted molar refractivity (Wildman–Crippen MR) is 150 cm³/mol. The van der Waals surface area contributed by atoms with Crippen LogP contribution in [0.15, 0.2) is 53.2 Å². The monoisotopic (exact) mass is 589 g/mol. The highest BCUT2D eigenvalue weighted by atomic mass is 35.5. The molecule has 2 aromatic heterocycles. The van der Waals surface area contributed by atoms with E-state index in [0.717, 1.165) is 31.3 Å². The second-order valence-electron chi connectivity index (χ2n) is 9.44. The van der Waals surface area contributed by atoms with Crippen LogP contribution in [0.2, 0.25) is 5.02 Å². The zero-order valence-corrected chi connectivity index (χ0v) is 23.1. The summed E-state index contributed by atoms with van der Waals surface area (Å²) in [6.45, 7) is 1.44. The molecule has 2 aliphatic heterocycles. The Kier molecular flexibility index (Phi) is 7.78. The normalized spacial score (nSPS) is 18.6. The van der Waals surface area contributed by atoms with Gasteiger partial charge in [0.1, 0.15) is 28.1 Å². The Balaban J connectivity index is 1.46. The summed E-state index contributed by atoms with van der Waals surface area (Å²) in [5.74, 6) is 1.02. The number of pyridine rings is 1. The smallest absolute Gasteiger partial charge is 0.416 e. The minimum absolute atomic E-state index is 0.107. The molecular formula is C26H27ClF3N9O2. The Morgan fingerprint density at radius 1 is 1.27 bits per heavy atom. The quantitative estimate of drug-likeness (QED) is 0.236. The number of hydrogen-bond donors (Lipinski definition) is 4. The first-order valence-corrected chi connectivity index (χ1v) is 12.9. The zero-order chi connectivity index (χ0) is 29.3. The van der Waals surface area contributed by atoms with Crippen LogP contribution in [-0.4, -0.2) is 64.8 Å². The summed E-state index contributed by atoms with van der Waals surface area (Å²) >= 11 is 6.69. The zero-order valence-electron chi connectivity index (χ0n) is 22.3. The van der Waals surface area contributed by atoms with Crippen LogP contribution in [0, 0.1) is 5.41 Å². The molecule has 2 aliphatic rings. The molecular weight excluding hydrogens is 563 g/mol. The van der Waals surface area contributed by atoms with Gasteiger partial charge in [0, 0.05) is 51.3 Å². The van der Waals surface area contributed by atoms with E-state index in [9.17, 15) is 13.2 Å². The fourth-order valence-electron chi connectivity index (χ4n) is 4.52. The molecule has 11 nitrogen and oxygen atoms in total. The molecule has 1 aromatic carbocycles. The number of halogens is 4. The highest BCUT2D eigenvalue weighted by Crippen LogP contribution is 2.37. The number of ether oxygens (including phenoxy) is 2. The maximum Gasteiger partial charge on any atom is 0.416 e. The minimum atomic E-state index is -4.58. The first kappa shape index (κ1) is 28.2. The van der Waals surface area contributed by atoms with Crippen molar-refractivity contribution in [2.24, 2.45) is 12.0 Å². The number of likely N-dealkylation sites (tertiary alicyclic amines) is 1. The van der Waals surface area contributed by atoms with Crippen molar-refractivity contribution in [3.05, 3.63) is 58.8 Å². The van der Waals surface area contributed by atoms with Crippen molar-refractivity contribution in [2.45, 2.75) is 18.7 Å². The summed E-state index contributed by atoms with van der Waals surface area (Å²) < 4.78 is 54.6. The first-order chi connectivity index (χ1) is 19.6. The molecule has 41 heavy (non-hydrogen) atoms. The van der Waals surface area contributed by atoms with Crippen molar-refractivity contribution in [3.8, 4) is 11.5 Å². The fraction of sp³-hybridized carbons (Fsp3) is 0.308. The van der Waals surface area contributed by atoms with Gasteiger partial charge in [-0.1, -0.05) is 11.6 Å². The van der Waals surface area contributed by atoms with E-state index < -0.39 is 11.7 Å². The summed E-state index contributed by atoms with van der Waals surface area (Å²) in [6.07, 6.45) is 1.44. The van der Waals surface area contributed by atoms with Gasteiger partial charge in [0.05, 0.1) is 18.0 Å². The number of likely N-dealkylation sites (N-methyl/N-ethyl adjacent to an activating group) is 2. The van der Waals surface area contributed by atoms with E-state index >= 15 is 0 Å². The summed E-state index contributed by atoms with van der Waals surface area (Å²) in [5.41, 5.74) is 0.318. The van der Waals surface area contributed by atoms with Crippen molar-refractivity contribution in [1.29, 1.82) is 5.41 Å². The lowest BCUT2D eigenvalue weighted by Crippen LogP contribution is -2.31. The maximum absolute atomic E-state index is 13.7. The average molecular weight is 590 g/mol. The second-order valence-corrected chi connectivity index (χ2v) is 9.81. The molecule has 0 amide bonds. The predicted octanol–water partition coefficient (Wildman–Crippen LogP) is 4.40. The number of allylic oxidation sites excluding steroid dienone is 1. The summed E-state index contributed by atoms with van der Waals surface area (Å²) in [6, 6.07) is 3.49. The number of anilines is 2. The number of aryl methyl sites for hydroxylation is 1. The van der Waals surface area contributed by atoms with Gasteiger partial charge in [0.2, 0.25) is 5.95 Å². The maximum atomic E-state index is 13.7. The first-order valence-electron chi connectivity index (χ1n) is 12.5. The minimum Gasteiger partial charge on any atom is -0.489 e. The molecule has 0 aliphatic carbocycles.